The predicted octanol–water partition coefficient (Wildman–Crippen LogP) is -0.900. The van der Waals surface area contributed by atoms with Gasteiger partial charge in [-0.3, -0.25) is 0 Å². The lowest BCUT2D eigenvalue weighted by Crippen LogP contribution is -2.41. The van der Waals surface area contributed by atoms with Crippen LogP contribution in [0.3, 0.4) is 0 Å². The Morgan fingerprint density at radius 1 is 1.43 bits per heavy atom. The molecule has 0 rings (SSSR count). The Kier molecular flexibility index (Phi) is 9.00. The summed E-state index contributed by atoms with van der Waals surface area (Å²) in [7, 11) is 0.366. The summed E-state index contributed by atoms with van der Waals surface area (Å²) in [5, 5.41) is 0. The van der Waals surface area contributed by atoms with E-state index in [9.17, 15) is 4.79 Å². The fourth-order valence-electron chi connectivity index (χ4n) is 0.455. The van der Waals surface area contributed by atoms with Crippen molar-refractivity contribution >= 4 is 25.7 Å². The van der Waals surface area contributed by atoms with Gasteiger partial charge in [0.25, 0.3) is 0 Å². The quantitative estimate of drug-likeness (QED) is 0.260. The van der Waals surface area contributed by atoms with Crippen LogP contribution in [0.4, 0.5) is 0 Å². The van der Waals surface area contributed by atoms with Gasteiger partial charge >= 0.3 is 14.8 Å². The summed E-state index contributed by atoms with van der Waals surface area (Å²) >= 11 is 0. The molecule has 0 radical (unpaired) electrons. The van der Waals surface area contributed by atoms with E-state index in [4.69, 9.17) is 13.3 Å². The molecule has 0 aliphatic rings. The third kappa shape index (κ3) is 6.05. The van der Waals surface area contributed by atoms with E-state index >= 15 is 0 Å². The zero-order chi connectivity index (χ0) is 10.3. The van der Waals surface area contributed by atoms with Crippen LogP contribution in [0.1, 0.15) is 0 Å². The van der Waals surface area contributed by atoms with Crippen LogP contribution in [0, 0.1) is 0 Å². The summed E-state index contributed by atoms with van der Waals surface area (Å²) in [6, 6.07) is 0. The van der Waals surface area contributed by atoms with E-state index in [0.29, 0.717) is 0 Å². The van der Waals surface area contributed by atoms with Crippen molar-refractivity contribution in [2.75, 3.05) is 21.0 Å². The Labute approximate surface area is 89.4 Å². The molecule has 0 aromatic rings. The van der Waals surface area contributed by atoms with E-state index in [1.165, 1.54) is 14.2 Å². The molecule has 0 heterocycles. The smallest absolute Gasteiger partial charge is 0.436 e. The van der Waals surface area contributed by atoms with Gasteiger partial charge in [0, 0.05) is 26.8 Å². The molecule has 5 nitrogen and oxygen atoms in total. The van der Waals surface area contributed by atoms with Gasteiger partial charge in [0.2, 0.25) is 0 Å². The van der Waals surface area contributed by atoms with E-state index in [2.05, 4.69) is 11.3 Å². The lowest BCUT2D eigenvalue weighted by Gasteiger charge is -2.21. The van der Waals surface area contributed by atoms with E-state index < -0.39 is 14.8 Å². The molecular formula is C7H18O5Si2. The van der Waals surface area contributed by atoms with Crippen molar-refractivity contribution in [2.45, 2.75) is 6.55 Å². The van der Waals surface area contributed by atoms with Crippen LogP contribution < -0.4 is 0 Å². The van der Waals surface area contributed by atoms with Crippen molar-refractivity contribution in [1.82, 2.24) is 0 Å². The molecule has 0 amide bonds. The zero-order valence-corrected chi connectivity index (χ0v) is 9.03. The fraction of sp³-hybridized carbons (Fsp3) is 0.571. The summed E-state index contributed by atoms with van der Waals surface area (Å²) < 4.78 is 19.6. The van der Waals surface area contributed by atoms with Crippen molar-refractivity contribution in [3.05, 3.63) is 12.7 Å². The maximum absolute atomic E-state index is 10.6. The fourth-order valence-corrected chi connectivity index (χ4v) is 1.13. The molecule has 0 saturated carbocycles. The first-order valence-corrected chi connectivity index (χ1v) is 5.84. The van der Waals surface area contributed by atoms with Gasteiger partial charge in [-0.25, -0.2) is 4.79 Å². The summed E-state index contributed by atoms with van der Waals surface area (Å²) in [5.41, 5.74) is 0. The molecule has 0 spiro atoms. The van der Waals surface area contributed by atoms with E-state index in [0.717, 1.165) is 6.08 Å². The molecule has 0 unspecified atom stereocenters. The molecule has 0 N–H and O–H groups in total. The monoisotopic (exact) mass is 238 g/mol. The highest BCUT2D eigenvalue weighted by atomic mass is 28.4. The zero-order valence-electron chi connectivity index (χ0n) is 8.03. The van der Waals surface area contributed by atoms with Gasteiger partial charge in [0.05, 0.1) is 0 Å². The van der Waals surface area contributed by atoms with Gasteiger partial charge in [-0.05, 0) is 11.0 Å². The van der Waals surface area contributed by atoms with Crippen LogP contribution >= 0.6 is 0 Å². The highest BCUT2D eigenvalue weighted by Gasteiger charge is 2.32. The second-order valence-corrected chi connectivity index (χ2v) is 5.03. The molecule has 0 aliphatic carbocycles. The van der Waals surface area contributed by atoms with Crippen LogP contribution in [0.5, 0.6) is 0 Å². The van der Waals surface area contributed by atoms with Gasteiger partial charge < -0.3 is 18.0 Å². The molecule has 0 aliphatic heterocycles. The maximum atomic E-state index is 10.6. The number of carbonyl (C=O) groups excluding carboxylic acids is 1. The van der Waals surface area contributed by atoms with Crippen LogP contribution in [0.15, 0.2) is 12.7 Å². The van der Waals surface area contributed by atoms with Crippen LogP contribution in [0.2, 0.25) is 6.55 Å². The molecule has 0 saturated heterocycles. The minimum atomic E-state index is -2.59. The van der Waals surface area contributed by atoms with Crippen LogP contribution in [-0.4, -0.2) is 46.8 Å². The van der Waals surface area contributed by atoms with Crippen molar-refractivity contribution in [1.29, 1.82) is 0 Å². The average molecular weight is 238 g/mol. The third-order valence-electron chi connectivity index (χ3n) is 1.43. The molecule has 0 fully saturated rings. The number of esters is 1. The largest absolute Gasteiger partial charge is 0.499 e. The van der Waals surface area contributed by atoms with Gasteiger partial charge in [0.15, 0.2) is 6.79 Å². The standard InChI is InChI=1S/C7H14O5Si.H4Si/c1-5-7(8)11-6-12-13(4,9-2)10-3;/h5H,1,6H2,2-4H3;1H4. The minimum absolute atomic E-state index is 0. The minimum Gasteiger partial charge on any atom is -0.436 e. The molecule has 0 bridgehead atoms. The van der Waals surface area contributed by atoms with Crippen molar-refractivity contribution in [2.24, 2.45) is 0 Å². The third-order valence-corrected chi connectivity index (χ3v) is 3.56. The van der Waals surface area contributed by atoms with Gasteiger partial charge in [-0.15, -0.1) is 0 Å². The molecule has 0 aromatic carbocycles. The van der Waals surface area contributed by atoms with Crippen LogP contribution in [-0.2, 0) is 22.8 Å². The van der Waals surface area contributed by atoms with E-state index in [1.54, 1.807) is 6.55 Å². The molecule has 0 atom stereocenters. The number of hydrogen-bond acceptors (Lipinski definition) is 5. The van der Waals surface area contributed by atoms with Gasteiger partial charge in [0.1, 0.15) is 0 Å². The second-order valence-electron chi connectivity index (χ2n) is 2.20. The van der Waals surface area contributed by atoms with Gasteiger partial charge in [-0.1, -0.05) is 6.58 Å². The Hall–Kier alpha value is -0.476. The number of ether oxygens (including phenoxy) is 1. The van der Waals surface area contributed by atoms with Crippen molar-refractivity contribution in [3.8, 4) is 0 Å². The number of rotatable bonds is 6. The Morgan fingerprint density at radius 2 is 1.93 bits per heavy atom. The topological polar surface area (TPSA) is 54.0 Å². The number of hydrogen-bond donors (Lipinski definition) is 0. The molecular weight excluding hydrogens is 220 g/mol. The Bertz CT molecular complexity index is 181. The summed E-state index contributed by atoms with van der Waals surface area (Å²) in [6.07, 6.45) is 1.06. The van der Waals surface area contributed by atoms with Crippen molar-refractivity contribution in [3.63, 3.8) is 0 Å². The maximum Gasteiger partial charge on any atom is 0.499 e. The normalized spacial score (nSPS) is 10.2. The summed E-state index contributed by atoms with van der Waals surface area (Å²) in [5.74, 6) is -0.538. The highest BCUT2D eigenvalue weighted by Crippen LogP contribution is 2.05. The first kappa shape index (κ1) is 16.0. The Balaban J connectivity index is 0. The number of carbonyl (C=O) groups is 1. The Morgan fingerprint density at radius 3 is 2.29 bits per heavy atom. The first-order chi connectivity index (χ1) is 6.08. The van der Waals surface area contributed by atoms with E-state index in [1.807, 2.05) is 0 Å². The second kappa shape index (κ2) is 7.88. The predicted molar refractivity (Wildman–Crippen MR) is 59.2 cm³/mol. The van der Waals surface area contributed by atoms with Gasteiger partial charge in [-0.2, -0.15) is 0 Å². The first-order valence-electron chi connectivity index (χ1n) is 3.61. The molecule has 7 heteroatoms. The average Bonchev–Trinajstić information content (AvgIpc) is 2.17. The molecule has 84 valence electrons. The van der Waals surface area contributed by atoms with E-state index in [-0.39, 0.29) is 17.8 Å². The summed E-state index contributed by atoms with van der Waals surface area (Å²) in [6.45, 7) is 4.74. The lowest BCUT2D eigenvalue weighted by atomic mass is 10.7. The van der Waals surface area contributed by atoms with Crippen molar-refractivity contribution < 1.29 is 22.8 Å². The lowest BCUT2D eigenvalue weighted by molar-refractivity contribution is -0.146. The molecule has 0 aromatic heterocycles. The SMILES string of the molecule is C=CC(=O)OCO[Si](C)(OC)OC.[SiH4]. The van der Waals surface area contributed by atoms with Crippen LogP contribution in [0.25, 0.3) is 0 Å². The summed E-state index contributed by atoms with van der Waals surface area (Å²) in [4.78, 5) is 10.6. The highest BCUT2D eigenvalue weighted by molar-refractivity contribution is 6.59. The molecule has 14 heavy (non-hydrogen) atoms.